The first kappa shape index (κ1) is 23.1. The molecule has 0 spiro atoms. The molecule has 31 heavy (non-hydrogen) atoms. The summed E-state index contributed by atoms with van der Waals surface area (Å²) < 4.78 is 27.3. The molecule has 1 aliphatic rings. The number of benzene rings is 2. The quantitative estimate of drug-likeness (QED) is 0.503. The van der Waals surface area contributed by atoms with Crippen molar-refractivity contribution in [1.29, 1.82) is 0 Å². The van der Waals surface area contributed by atoms with Crippen LogP contribution in [0.5, 0.6) is 0 Å². The number of nitrogens with zero attached hydrogens (tertiary/aromatic N) is 1. The van der Waals surface area contributed by atoms with E-state index in [2.05, 4.69) is 10.6 Å². The molecule has 6 nitrogen and oxygen atoms in total. The van der Waals surface area contributed by atoms with Gasteiger partial charge in [-0.2, -0.15) is 4.31 Å². The van der Waals surface area contributed by atoms with E-state index < -0.39 is 10.0 Å². The van der Waals surface area contributed by atoms with Gasteiger partial charge in [-0.05, 0) is 61.0 Å². The highest BCUT2D eigenvalue weighted by molar-refractivity contribution is 7.89. The topological polar surface area (TPSA) is 78.5 Å². The average molecular weight is 458 g/mol. The molecule has 3 rings (SSSR count). The molecule has 1 fully saturated rings. The lowest BCUT2D eigenvalue weighted by Crippen LogP contribution is -2.38. The van der Waals surface area contributed by atoms with Crippen molar-refractivity contribution in [3.8, 4) is 0 Å². The number of thiocarbonyl (C=S) groups is 1. The van der Waals surface area contributed by atoms with Crippen molar-refractivity contribution in [2.45, 2.75) is 43.0 Å². The Balaban J connectivity index is 1.56. The fourth-order valence-corrected chi connectivity index (χ4v) is 5.20. The molecule has 164 valence electrons. The molecule has 2 N–H and O–H groups in total. The SMILES string of the molecule is CN(C1CCCCC1)S(=O)(=O)c1ccc(NC(=S)NC(=O)C=Cc2ccccc2)cc1. The third-order valence-electron chi connectivity index (χ3n) is 5.34. The highest BCUT2D eigenvalue weighted by Gasteiger charge is 2.28. The van der Waals surface area contributed by atoms with Gasteiger partial charge in [-0.1, -0.05) is 49.6 Å². The van der Waals surface area contributed by atoms with E-state index in [-0.39, 0.29) is 22.0 Å². The minimum Gasteiger partial charge on any atom is -0.332 e. The third kappa shape index (κ3) is 6.46. The van der Waals surface area contributed by atoms with Crippen LogP contribution in [0.1, 0.15) is 37.7 Å². The molecule has 0 radical (unpaired) electrons. The van der Waals surface area contributed by atoms with Crippen molar-refractivity contribution < 1.29 is 13.2 Å². The summed E-state index contributed by atoms with van der Waals surface area (Å²) in [5.41, 5.74) is 1.50. The van der Waals surface area contributed by atoms with Gasteiger partial charge in [0.05, 0.1) is 4.90 Å². The molecule has 1 saturated carbocycles. The lowest BCUT2D eigenvalue weighted by molar-refractivity contribution is -0.115. The minimum atomic E-state index is -3.54. The minimum absolute atomic E-state index is 0.0586. The van der Waals surface area contributed by atoms with Crippen LogP contribution in [0, 0.1) is 0 Å². The molecule has 8 heteroatoms. The maximum Gasteiger partial charge on any atom is 0.250 e. The van der Waals surface area contributed by atoms with Crippen molar-refractivity contribution in [1.82, 2.24) is 9.62 Å². The van der Waals surface area contributed by atoms with E-state index in [0.717, 1.165) is 31.2 Å². The summed E-state index contributed by atoms with van der Waals surface area (Å²) in [4.78, 5) is 12.3. The zero-order valence-electron chi connectivity index (χ0n) is 17.5. The van der Waals surface area contributed by atoms with E-state index in [4.69, 9.17) is 12.2 Å². The fourth-order valence-electron chi connectivity index (χ4n) is 3.57. The van der Waals surface area contributed by atoms with Crippen LogP contribution in [0.25, 0.3) is 6.08 Å². The van der Waals surface area contributed by atoms with Crippen LogP contribution >= 0.6 is 12.2 Å². The molecular weight excluding hydrogens is 430 g/mol. The number of nitrogens with one attached hydrogen (secondary N) is 2. The normalized spacial score (nSPS) is 15.2. The standard InChI is InChI=1S/C23H27N3O3S2/c1-26(20-10-6-3-7-11-20)31(28,29)21-15-13-19(14-16-21)24-23(30)25-22(27)17-12-18-8-4-2-5-9-18/h2,4-5,8-9,12-17,20H,3,6-7,10-11H2,1H3,(H2,24,25,27,30). The Labute approximate surface area is 189 Å². The zero-order chi connectivity index (χ0) is 22.3. The Bertz CT molecular complexity index is 1030. The van der Waals surface area contributed by atoms with Crippen LogP contribution in [-0.4, -0.2) is 36.8 Å². The van der Waals surface area contributed by atoms with Crippen LogP contribution in [0.15, 0.2) is 65.6 Å². The summed E-state index contributed by atoms with van der Waals surface area (Å²) in [5, 5.41) is 5.61. The molecule has 1 amide bonds. The summed E-state index contributed by atoms with van der Waals surface area (Å²) in [5.74, 6) is -0.352. The lowest BCUT2D eigenvalue weighted by atomic mass is 9.96. The Morgan fingerprint density at radius 2 is 1.68 bits per heavy atom. The summed E-state index contributed by atoms with van der Waals surface area (Å²) in [6.45, 7) is 0. The van der Waals surface area contributed by atoms with Gasteiger partial charge in [-0.25, -0.2) is 8.42 Å². The van der Waals surface area contributed by atoms with Crippen molar-refractivity contribution in [3.63, 3.8) is 0 Å². The number of amides is 1. The molecule has 0 unspecified atom stereocenters. The molecule has 0 aliphatic heterocycles. The summed E-state index contributed by atoms with van der Waals surface area (Å²) in [7, 11) is -1.88. The van der Waals surface area contributed by atoms with E-state index in [0.29, 0.717) is 5.69 Å². The number of anilines is 1. The van der Waals surface area contributed by atoms with E-state index in [1.165, 1.54) is 16.8 Å². The second kappa shape index (κ2) is 10.7. The maximum atomic E-state index is 12.9. The van der Waals surface area contributed by atoms with Gasteiger partial charge in [0.1, 0.15) is 0 Å². The molecule has 0 bridgehead atoms. The van der Waals surface area contributed by atoms with Gasteiger partial charge in [0.25, 0.3) is 0 Å². The predicted molar refractivity (Wildman–Crippen MR) is 128 cm³/mol. The van der Waals surface area contributed by atoms with Crippen LogP contribution in [0.3, 0.4) is 0 Å². The molecule has 0 aromatic heterocycles. The summed E-state index contributed by atoms with van der Waals surface area (Å²) in [6.07, 6.45) is 8.21. The Hall–Kier alpha value is -2.55. The molecule has 0 saturated heterocycles. The summed E-state index contributed by atoms with van der Waals surface area (Å²) in [6, 6.07) is 15.9. The Morgan fingerprint density at radius 3 is 2.32 bits per heavy atom. The van der Waals surface area contributed by atoms with Gasteiger partial charge in [-0.3, -0.25) is 10.1 Å². The number of rotatable bonds is 6. The van der Waals surface area contributed by atoms with Gasteiger partial charge in [0.2, 0.25) is 15.9 Å². The predicted octanol–water partition coefficient (Wildman–Crippen LogP) is 4.17. The first-order valence-electron chi connectivity index (χ1n) is 10.3. The molecule has 0 heterocycles. The summed E-state index contributed by atoms with van der Waals surface area (Å²) >= 11 is 5.17. The Kier molecular flexibility index (Phi) is 7.95. The number of carbonyl (C=O) groups is 1. The van der Waals surface area contributed by atoms with Crippen molar-refractivity contribution in [3.05, 3.63) is 66.2 Å². The molecule has 2 aromatic carbocycles. The number of hydrogen-bond acceptors (Lipinski definition) is 4. The largest absolute Gasteiger partial charge is 0.332 e. The lowest BCUT2D eigenvalue weighted by Gasteiger charge is -2.30. The van der Waals surface area contributed by atoms with Crippen LogP contribution in [0.2, 0.25) is 0 Å². The zero-order valence-corrected chi connectivity index (χ0v) is 19.1. The number of carbonyl (C=O) groups excluding carboxylic acids is 1. The van der Waals surface area contributed by atoms with Crippen molar-refractivity contribution >= 4 is 45.0 Å². The highest BCUT2D eigenvalue weighted by atomic mass is 32.2. The van der Waals surface area contributed by atoms with Gasteiger partial charge in [0.15, 0.2) is 5.11 Å². The average Bonchev–Trinajstić information content (AvgIpc) is 2.78. The van der Waals surface area contributed by atoms with Gasteiger partial charge < -0.3 is 5.32 Å². The van der Waals surface area contributed by atoms with E-state index >= 15 is 0 Å². The van der Waals surface area contributed by atoms with Crippen LogP contribution < -0.4 is 10.6 Å². The van der Waals surface area contributed by atoms with E-state index in [1.54, 1.807) is 37.4 Å². The smallest absolute Gasteiger partial charge is 0.250 e. The molecule has 1 aliphatic carbocycles. The van der Waals surface area contributed by atoms with Gasteiger partial charge in [0, 0.05) is 24.9 Å². The molecule has 0 atom stereocenters. The van der Waals surface area contributed by atoms with Crippen LogP contribution in [0.4, 0.5) is 5.69 Å². The molecule has 2 aromatic rings. The van der Waals surface area contributed by atoms with Crippen molar-refractivity contribution in [2.24, 2.45) is 0 Å². The van der Waals surface area contributed by atoms with Gasteiger partial charge >= 0.3 is 0 Å². The van der Waals surface area contributed by atoms with E-state index in [1.807, 2.05) is 30.3 Å². The van der Waals surface area contributed by atoms with Crippen molar-refractivity contribution in [2.75, 3.05) is 12.4 Å². The second-order valence-corrected chi connectivity index (χ2v) is 9.93. The second-order valence-electron chi connectivity index (χ2n) is 7.52. The fraction of sp³-hybridized carbons (Fsp3) is 0.304. The highest BCUT2D eigenvalue weighted by Crippen LogP contribution is 2.27. The van der Waals surface area contributed by atoms with E-state index in [9.17, 15) is 13.2 Å². The molecular formula is C23H27N3O3S2. The van der Waals surface area contributed by atoms with Gasteiger partial charge in [-0.15, -0.1) is 0 Å². The first-order chi connectivity index (χ1) is 14.9. The maximum absolute atomic E-state index is 12.9. The third-order valence-corrected chi connectivity index (χ3v) is 7.47. The Morgan fingerprint density at radius 1 is 1.03 bits per heavy atom. The van der Waals surface area contributed by atoms with Crippen LogP contribution in [-0.2, 0) is 14.8 Å². The monoisotopic (exact) mass is 457 g/mol. The first-order valence-corrected chi connectivity index (χ1v) is 12.1. The number of sulfonamides is 1. The number of hydrogen-bond donors (Lipinski definition) is 2.